The second kappa shape index (κ2) is 93.3. The van der Waals surface area contributed by atoms with Gasteiger partial charge in [0.2, 0.25) is 0 Å². The van der Waals surface area contributed by atoms with Crippen molar-refractivity contribution in [2.45, 2.75) is 319 Å². The standard InChI is InChI=1S/C34H58O13.C22H40O8.C9H16O4.C7H10O3.C5H8O2.C4H6O2.16CH4/c1-11-32(6,29(40)43-10)14-15-33(7,27(37)38)16-17-34(8,30(41)47-23-25(35)22-46-26(36)24(2)3)13-12-31(4,5)28(39)45-21-20-44-19-18-42-9;1-8-21(4,19(26)28-7)11-12-22(5,17(23)24)10-9-20(2,3)18(25)30-16-15-29-14-13-27-6;1-8(2)9(10)13-7-6-12-5-4-11-3;1-5(2)7(8)10-4-6-3-9-6;1-4(2)5(6)7-3;1-3(2)4(5)6;;;;;;;;;;;;;;;;/h25,35H,2,11-23H2,1,3-10H3,(H,37,38);8-16H2,1-7H3,(H,23,24);1,4-7H2,2-3H3;6H,1,3-4H2,2H3;1H2,2-3H3;1H2,2H3,(H,5,6);16*1H4. The average molecular weight is 1880 g/mol. The van der Waals surface area contributed by atoms with Gasteiger partial charge >= 0.3 is 71.6 Å². The molecule has 7 unspecified atom stereocenters. The molecule has 0 aromatic heterocycles. The highest BCUT2D eigenvalue weighted by Gasteiger charge is 2.46. The number of esters is 9. The molecule has 129 heavy (non-hydrogen) atoms. The summed E-state index contributed by atoms with van der Waals surface area (Å²) in [4.78, 5) is 141. The molecule has 1 aliphatic rings. The normalized spacial score (nSPS) is 12.9. The third-order valence-electron chi connectivity index (χ3n) is 18.1. The maximum Gasteiger partial charge on any atom is 0.333 e. The van der Waals surface area contributed by atoms with Crippen LogP contribution < -0.4 is 0 Å². The Morgan fingerprint density at radius 3 is 0.814 bits per heavy atom. The smallest absolute Gasteiger partial charge is 0.333 e. The Hall–Kier alpha value is -7.98. The molecule has 0 aromatic rings. The fourth-order valence-corrected chi connectivity index (χ4v) is 8.53. The molecule has 0 saturated carbocycles. The van der Waals surface area contributed by atoms with Crippen LogP contribution in [0, 0.1) is 37.9 Å². The number of aliphatic hydroxyl groups is 1. The quantitative estimate of drug-likeness (QED) is 0.0144. The van der Waals surface area contributed by atoms with Crippen molar-refractivity contribution >= 4 is 71.6 Å². The summed E-state index contributed by atoms with van der Waals surface area (Å²) in [5, 5.41) is 38.2. The number of hydrogen-bond donors (Lipinski definition) is 4. The Bertz CT molecular complexity index is 2960. The summed E-state index contributed by atoms with van der Waals surface area (Å²) in [7, 11) is 8.69. The zero-order valence-electron chi connectivity index (χ0n) is 71.7. The van der Waals surface area contributed by atoms with Gasteiger partial charge in [-0.3, -0.25) is 33.6 Å². The highest BCUT2D eigenvalue weighted by atomic mass is 16.6. The Balaban J connectivity index is -0.0000000643. The van der Waals surface area contributed by atoms with Crippen LogP contribution in [0.5, 0.6) is 0 Å². The number of carboxylic acid groups (broad SMARTS) is 3. The molecule has 0 bridgehead atoms. The number of ether oxygens (including phenoxy) is 16. The topological polar surface area (TPSA) is 437 Å². The number of rotatable bonds is 53. The van der Waals surface area contributed by atoms with Gasteiger partial charge in [0, 0.05) is 49.2 Å². The second-order valence-corrected chi connectivity index (χ2v) is 29.7. The number of hydrogen-bond acceptors (Lipinski definition) is 29. The molecular formula is C97H202O32. The number of methoxy groups -OCH3 is 6. The van der Waals surface area contributed by atoms with Crippen molar-refractivity contribution in [3.63, 3.8) is 0 Å². The van der Waals surface area contributed by atoms with Gasteiger partial charge in [0.1, 0.15) is 51.8 Å². The van der Waals surface area contributed by atoms with Gasteiger partial charge in [-0.15, -0.1) is 0 Å². The zero-order chi connectivity index (χ0) is 88.6. The summed E-state index contributed by atoms with van der Waals surface area (Å²) >= 11 is 0. The van der Waals surface area contributed by atoms with Gasteiger partial charge in [0.25, 0.3) is 0 Å². The average Bonchev–Trinajstić information content (AvgIpc) is 1.71. The minimum atomic E-state index is -1.31. The molecule has 0 radical (unpaired) electrons. The van der Waals surface area contributed by atoms with E-state index >= 15 is 0 Å². The Labute approximate surface area is 787 Å². The van der Waals surface area contributed by atoms with Gasteiger partial charge in [-0.05, 0) is 174 Å². The Kier molecular flexibility index (Phi) is 126. The third-order valence-corrected chi connectivity index (χ3v) is 18.1. The number of carboxylic acids is 3. The van der Waals surface area contributed by atoms with Crippen molar-refractivity contribution in [1.82, 2.24) is 0 Å². The third kappa shape index (κ3) is 81.7. The van der Waals surface area contributed by atoms with Crippen LogP contribution >= 0.6 is 0 Å². The molecule has 1 rings (SSSR count). The highest BCUT2D eigenvalue weighted by Crippen LogP contribution is 2.44. The van der Waals surface area contributed by atoms with Gasteiger partial charge in [0.15, 0.2) is 0 Å². The lowest BCUT2D eigenvalue weighted by molar-refractivity contribution is -0.165. The van der Waals surface area contributed by atoms with E-state index in [0.717, 1.165) is 0 Å². The number of aliphatic carboxylic acids is 3. The zero-order valence-corrected chi connectivity index (χ0v) is 71.7. The lowest BCUT2D eigenvalue weighted by Gasteiger charge is -2.35. The van der Waals surface area contributed by atoms with Crippen LogP contribution in [-0.4, -0.2) is 253 Å². The van der Waals surface area contributed by atoms with Crippen molar-refractivity contribution < 1.29 is 154 Å². The first kappa shape index (κ1) is 174. The largest absolute Gasteiger partial charge is 0.481 e. The molecule has 0 spiro atoms. The van der Waals surface area contributed by atoms with Crippen LogP contribution in [0.1, 0.15) is 307 Å². The summed E-state index contributed by atoms with van der Waals surface area (Å²) in [6.07, 6.45) is 2.01. The molecule has 32 heteroatoms. The molecule has 1 aliphatic heterocycles. The predicted molar refractivity (Wildman–Crippen MR) is 525 cm³/mol. The van der Waals surface area contributed by atoms with Crippen LogP contribution in [-0.2, 0) is 133 Å². The van der Waals surface area contributed by atoms with E-state index in [4.69, 9.17) is 76.2 Å². The molecule has 0 aliphatic carbocycles. The molecule has 0 amide bonds. The van der Waals surface area contributed by atoms with Gasteiger partial charge in [-0.1, -0.05) is 166 Å². The first-order chi connectivity index (χ1) is 52.3. The summed E-state index contributed by atoms with van der Waals surface area (Å²) in [6, 6.07) is 0. The van der Waals surface area contributed by atoms with Gasteiger partial charge in [-0.25, -0.2) is 24.0 Å². The van der Waals surface area contributed by atoms with Gasteiger partial charge < -0.3 is 96.2 Å². The molecule has 4 N–H and O–H groups in total. The van der Waals surface area contributed by atoms with Crippen molar-refractivity contribution in [1.29, 1.82) is 0 Å². The Morgan fingerprint density at radius 1 is 0.318 bits per heavy atom. The summed E-state index contributed by atoms with van der Waals surface area (Å²) < 4.78 is 79.7. The maximum absolute atomic E-state index is 13.6. The Morgan fingerprint density at radius 2 is 0.566 bits per heavy atom. The molecule has 0 aromatic carbocycles. The van der Waals surface area contributed by atoms with E-state index in [1.165, 1.54) is 35.2 Å². The minimum absolute atomic E-state index is 0. The molecule has 1 fully saturated rings. The van der Waals surface area contributed by atoms with Gasteiger partial charge in [-0.2, -0.15) is 0 Å². The first-order valence-electron chi connectivity index (χ1n) is 37.1. The predicted octanol–water partition coefficient (Wildman–Crippen LogP) is 20.6. The molecule has 32 nitrogen and oxygen atoms in total. The lowest BCUT2D eigenvalue weighted by Crippen LogP contribution is -2.39. The fourth-order valence-electron chi connectivity index (χ4n) is 8.53. The maximum atomic E-state index is 13.6. The minimum Gasteiger partial charge on any atom is -0.481 e. The van der Waals surface area contributed by atoms with Crippen molar-refractivity contribution in [2.75, 3.05) is 148 Å². The van der Waals surface area contributed by atoms with Crippen LogP contribution in [0.2, 0.25) is 0 Å². The van der Waals surface area contributed by atoms with Crippen molar-refractivity contribution in [2.24, 2.45) is 37.9 Å². The van der Waals surface area contributed by atoms with Crippen LogP contribution in [0.3, 0.4) is 0 Å². The fraction of sp³-hybridized carbons (Fsp3) is 0.773. The second-order valence-electron chi connectivity index (χ2n) is 29.7. The highest BCUT2D eigenvalue weighted by molar-refractivity contribution is 5.88. The monoisotopic (exact) mass is 1880 g/mol. The number of carbonyl (C=O) groups is 12. The van der Waals surface area contributed by atoms with E-state index < -0.39 is 105 Å². The van der Waals surface area contributed by atoms with Gasteiger partial charge in [0.05, 0.1) is 125 Å². The number of epoxide rings is 1. The van der Waals surface area contributed by atoms with E-state index in [1.807, 2.05) is 13.8 Å². The molecular weight excluding hydrogens is 1680 g/mol. The van der Waals surface area contributed by atoms with Crippen LogP contribution in [0.15, 0.2) is 60.8 Å². The number of carbonyl (C=O) groups excluding carboxylic acids is 9. The lowest BCUT2D eigenvalue weighted by atomic mass is 9.69. The van der Waals surface area contributed by atoms with E-state index in [1.54, 1.807) is 104 Å². The summed E-state index contributed by atoms with van der Waals surface area (Å²) in [5.41, 5.74) is -5.51. The van der Waals surface area contributed by atoms with E-state index in [0.29, 0.717) is 108 Å². The molecule has 1 saturated heterocycles. The van der Waals surface area contributed by atoms with Crippen LogP contribution in [0.25, 0.3) is 0 Å². The first-order valence-corrected chi connectivity index (χ1v) is 37.1. The molecule has 7 atom stereocenters. The SMILES string of the molecule is C.C.C.C.C.C.C.C.C.C.C.C.C.C.C.C.C=C(C)C(=O)O.C=C(C)C(=O)OC.C=C(C)C(=O)OCC(O)COC(=O)C(C)(CCC(C)(C)C(=O)OCCOCCOC)CCC(C)(CCC(C)(CC)C(=O)OC)C(=O)O.C=C(C)C(=O)OCC1CO1.C=C(C)C(=O)OCCOCCOC.CCC(C)(CCC(C)(CCC(C)(C)C(=O)OCCOCCOC)C(=O)O)C(=O)OC. The van der Waals surface area contributed by atoms with Crippen molar-refractivity contribution in [3.8, 4) is 0 Å². The van der Waals surface area contributed by atoms with Crippen LogP contribution in [0.4, 0.5) is 0 Å². The van der Waals surface area contributed by atoms with E-state index in [-0.39, 0.29) is 238 Å². The molecule has 782 valence electrons. The van der Waals surface area contributed by atoms with E-state index in [9.17, 15) is 72.9 Å². The van der Waals surface area contributed by atoms with E-state index in [2.05, 4.69) is 37.6 Å². The molecule has 1 heterocycles. The summed E-state index contributed by atoms with van der Waals surface area (Å²) in [5.74, 6) is -7.08. The summed E-state index contributed by atoms with van der Waals surface area (Å²) in [6.45, 7) is 47.8. The number of aliphatic hydroxyl groups excluding tert-OH is 1. The van der Waals surface area contributed by atoms with Crippen molar-refractivity contribution in [3.05, 3.63) is 60.8 Å².